The van der Waals surface area contributed by atoms with Gasteiger partial charge in [-0.1, -0.05) is 6.92 Å². The van der Waals surface area contributed by atoms with Crippen molar-refractivity contribution in [3.8, 4) is 5.75 Å². The molecule has 0 heterocycles. The lowest BCUT2D eigenvalue weighted by Gasteiger charge is -2.21. The van der Waals surface area contributed by atoms with Crippen molar-refractivity contribution in [1.82, 2.24) is 10.6 Å². The lowest BCUT2D eigenvalue weighted by molar-refractivity contribution is -0.145. The highest BCUT2D eigenvalue weighted by Gasteiger charge is 2.30. The zero-order valence-electron chi connectivity index (χ0n) is 14.4. The first-order valence-electron chi connectivity index (χ1n) is 7.87. The van der Waals surface area contributed by atoms with Gasteiger partial charge in [-0.05, 0) is 88.0 Å². The Morgan fingerprint density at radius 3 is 1.65 bits per heavy atom. The Hall–Kier alpha value is -0.380. The SMILES string of the molecule is CCNC(=O)c1c(I)c(OC(CC)C(=O)O)c(I)c(C(=O)NCC)c1I. The summed E-state index contributed by atoms with van der Waals surface area (Å²) < 4.78 is 7.17. The van der Waals surface area contributed by atoms with E-state index in [1.165, 1.54) is 0 Å². The highest BCUT2D eigenvalue weighted by Crippen LogP contribution is 2.38. The first-order valence-corrected chi connectivity index (χ1v) is 11.1. The van der Waals surface area contributed by atoms with Crippen molar-refractivity contribution in [2.45, 2.75) is 33.3 Å². The van der Waals surface area contributed by atoms with Crippen LogP contribution < -0.4 is 15.4 Å². The number of hydrogen-bond donors (Lipinski definition) is 3. The molecule has 2 amide bonds. The average Bonchev–Trinajstić information content (AvgIpc) is 2.55. The maximum atomic E-state index is 12.5. The van der Waals surface area contributed by atoms with Crippen molar-refractivity contribution in [2.24, 2.45) is 0 Å². The largest absolute Gasteiger partial charge is 0.479 e. The van der Waals surface area contributed by atoms with E-state index in [0.717, 1.165) is 0 Å². The molecule has 0 spiro atoms. The van der Waals surface area contributed by atoms with E-state index in [4.69, 9.17) is 4.74 Å². The minimum atomic E-state index is -1.10. The highest BCUT2D eigenvalue weighted by atomic mass is 127. The van der Waals surface area contributed by atoms with E-state index in [0.29, 0.717) is 34.9 Å². The number of carboxylic acids is 1. The molecule has 0 saturated heterocycles. The number of benzene rings is 1. The molecule has 10 heteroatoms. The van der Waals surface area contributed by atoms with Crippen LogP contribution in [-0.2, 0) is 4.79 Å². The van der Waals surface area contributed by atoms with E-state index in [1.807, 2.05) is 67.8 Å². The van der Waals surface area contributed by atoms with Crippen molar-refractivity contribution in [3.63, 3.8) is 0 Å². The number of aliphatic carboxylic acids is 1. The summed E-state index contributed by atoms with van der Waals surface area (Å²) in [7, 11) is 0. The topological polar surface area (TPSA) is 105 Å². The summed E-state index contributed by atoms with van der Waals surface area (Å²) in [6, 6.07) is 0. The maximum Gasteiger partial charge on any atom is 0.344 e. The molecule has 1 aromatic carbocycles. The fourth-order valence-corrected chi connectivity index (χ4v) is 6.49. The molecule has 0 aromatic heterocycles. The van der Waals surface area contributed by atoms with Gasteiger partial charge >= 0.3 is 5.97 Å². The lowest BCUT2D eigenvalue weighted by atomic mass is 10.1. The number of halogens is 3. The van der Waals surface area contributed by atoms with Gasteiger partial charge in [0, 0.05) is 16.7 Å². The summed E-state index contributed by atoms with van der Waals surface area (Å²) in [5.74, 6) is -1.53. The van der Waals surface area contributed by atoms with E-state index in [1.54, 1.807) is 20.8 Å². The molecule has 7 nitrogen and oxygen atoms in total. The average molecular weight is 700 g/mol. The van der Waals surface area contributed by atoms with Crippen LogP contribution in [0.5, 0.6) is 5.75 Å². The zero-order chi connectivity index (χ0) is 20.0. The Bertz CT molecular complexity index is 679. The molecule has 0 aliphatic heterocycles. The molecule has 26 heavy (non-hydrogen) atoms. The third-order valence-corrected chi connectivity index (χ3v) is 6.45. The molecule has 144 valence electrons. The van der Waals surface area contributed by atoms with Crippen molar-refractivity contribution in [3.05, 3.63) is 21.8 Å². The van der Waals surface area contributed by atoms with Crippen molar-refractivity contribution >= 4 is 85.6 Å². The Labute approximate surface area is 192 Å². The fraction of sp³-hybridized carbons (Fsp3) is 0.438. The number of carbonyl (C=O) groups excluding carboxylic acids is 2. The molecular weight excluding hydrogens is 681 g/mol. The first-order chi connectivity index (χ1) is 12.2. The highest BCUT2D eigenvalue weighted by molar-refractivity contribution is 14.1. The van der Waals surface area contributed by atoms with Gasteiger partial charge in [0.05, 0.1) is 18.3 Å². The summed E-state index contributed by atoms with van der Waals surface area (Å²) in [6.45, 7) is 6.14. The van der Waals surface area contributed by atoms with Gasteiger partial charge in [-0.15, -0.1) is 0 Å². The first kappa shape index (κ1) is 23.7. The number of carboxylic acid groups (broad SMARTS) is 1. The van der Waals surface area contributed by atoms with Crippen molar-refractivity contribution in [1.29, 1.82) is 0 Å². The van der Waals surface area contributed by atoms with Crippen LogP contribution >= 0.6 is 67.8 Å². The molecule has 0 aliphatic carbocycles. The summed E-state index contributed by atoms with van der Waals surface area (Å²) in [5.41, 5.74) is 0.620. The van der Waals surface area contributed by atoms with Crippen LogP contribution in [0, 0.1) is 10.7 Å². The smallest absolute Gasteiger partial charge is 0.344 e. The van der Waals surface area contributed by atoms with Gasteiger partial charge < -0.3 is 20.5 Å². The van der Waals surface area contributed by atoms with Gasteiger partial charge in [-0.25, -0.2) is 4.79 Å². The molecule has 1 unspecified atom stereocenters. The molecule has 1 atom stereocenters. The summed E-state index contributed by atoms with van der Waals surface area (Å²) >= 11 is 5.90. The Morgan fingerprint density at radius 2 is 1.35 bits per heavy atom. The van der Waals surface area contributed by atoms with Gasteiger partial charge in [-0.3, -0.25) is 9.59 Å². The number of hydrogen-bond acceptors (Lipinski definition) is 4. The maximum absolute atomic E-state index is 12.5. The Morgan fingerprint density at radius 1 is 0.923 bits per heavy atom. The molecule has 0 saturated carbocycles. The van der Waals surface area contributed by atoms with Crippen LogP contribution in [0.15, 0.2) is 0 Å². The van der Waals surface area contributed by atoms with Crippen molar-refractivity contribution < 1.29 is 24.2 Å². The van der Waals surface area contributed by atoms with E-state index >= 15 is 0 Å². The van der Waals surface area contributed by atoms with Gasteiger partial charge in [-0.2, -0.15) is 0 Å². The molecule has 0 aliphatic rings. The van der Waals surface area contributed by atoms with Gasteiger partial charge in [0.2, 0.25) is 0 Å². The van der Waals surface area contributed by atoms with E-state index in [2.05, 4.69) is 10.6 Å². The minimum Gasteiger partial charge on any atom is -0.479 e. The molecule has 3 N–H and O–H groups in total. The Kier molecular flexibility index (Phi) is 9.85. The van der Waals surface area contributed by atoms with Crippen LogP contribution in [0.25, 0.3) is 0 Å². The predicted molar refractivity (Wildman–Crippen MR) is 123 cm³/mol. The van der Waals surface area contributed by atoms with Crippen molar-refractivity contribution in [2.75, 3.05) is 13.1 Å². The summed E-state index contributed by atoms with van der Waals surface area (Å²) in [4.78, 5) is 36.5. The molecule has 1 aromatic rings. The van der Waals surface area contributed by atoms with Gasteiger partial charge in [0.25, 0.3) is 11.8 Å². The van der Waals surface area contributed by atoms with Crippen LogP contribution in [0.1, 0.15) is 47.9 Å². The minimum absolute atomic E-state index is 0.239. The molecule has 1 rings (SSSR count). The zero-order valence-corrected chi connectivity index (χ0v) is 20.9. The second-order valence-electron chi connectivity index (χ2n) is 5.09. The number of carbonyl (C=O) groups is 3. The molecule has 0 fully saturated rings. The third kappa shape index (κ3) is 5.33. The number of rotatable bonds is 8. The van der Waals surface area contributed by atoms with E-state index in [9.17, 15) is 19.5 Å². The van der Waals surface area contributed by atoms with Gasteiger partial charge in [0.15, 0.2) is 6.10 Å². The Balaban J connectivity index is 3.69. The van der Waals surface area contributed by atoms with Crippen LogP contribution in [-0.4, -0.2) is 42.1 Å². The fourth-order valence-electron chi connectivity index (χ4n) is 2.09. The lowest BCUT2D eigenvalue weighted by Crippen LogP contribution is -2.31. The molecule has 0 radical (unpaired) electrons. The quantitative estimate of drug-likeness (QED) is 0.362. The summed E-state index contributed by atoms with van der Waals surface area (Å²) in [6.07, 6.45) is -0.818. The van der Waals surface area contributed by atoms with E-state index < -0.39 is 12.1 Å². The second kappa shape index (κ2) is 10.8. The summed E-state index contributed by atoms with van der Waals surface area (Å²) in [5, 5.41) is 14.8. The monoisotopic (exact) mass is 700 g/mol. The normalized spacial score (nSPS) is 11.6. The van der Waals surface area contributed by atoms with Crippen LogP contribution in [0.2, 0.25) is 0 Å². The molecule has 0 bridgehead atoms. The number of amides is 2. The third-order valence-electron chi connectivity index (χ3n) is 3.31. The van der Waals surface area contributed by atoms with Crippen LogP contribution in [0.4, 0.5) is 0 Å². The molecular formula is C16H19I3N2O5. The standard InChI is InChI=1S/C16H19I3N2O5/c1-4-7(16(24)25)26-13-11(18)8(14(22)20-5-2)10(17)9(12(13)19)15(23)21-6-3/h7H,4-6H2,1-3H3,(H,20,22)(H,21,23)(H,24,25). The van der Waals surface area contributed by atoms with Crippen LogP contribution in [0.3, 0.4) is 0 Å². The number of nitrogens with one attached hydrogen (secondary N) is 2. The number of ether oxygens (including phenoxy) is 1. The van der Waals surface area contributed by atoms with Gasteiger partial charge in [0.1, 0.15) is 5.75 Å². The predicted octanol–water partition coefficient (Wildman–Crippen LogP) is 3.24. The van der Waals surface area contributed by atoms with E-state index in [-0.39, 0.29) is 24.0 Å². The second-order valence-corrected chi connectivity index (χ2v) is 8.33.